The maximum absolute atomic E-state index is 13.4. The molecule has 1 atom stereocenters. The molecule has 3 aromatic rings. The van der Waals surface area contributed by atoms with Crippen molar-refractivity contribution >= 4 is 27.7 Å². The quantitative estimate of drug-likeness (QED) is 0.472. The van der Waals surface area contributed by atoms with Crippen LogP contribution in [0.15, 0.2) is 58.6 Å². The van der Waals surface area contributed by atoms with Gasteiger partial charge in [-0.05, 0) is 49.2 Å². The Balaban J connectivity index is 1.35. The van der Waals surface area contributed by atoms with E-state index in [0.717, 1.165) is 22.7 Å². The molecule has 11 heteroatoms. The van der Waals surface area contributed by atoms with Gasteiger partial charge in [0, 0.05) is 24.5 Å². The van der Waals surface area contributed by atoms with E-state index in [1.165, 1.54) is 36.0 Å². The van der Waals surface area contributed by atoms with Crippen molar-refractivity contribution in [3.8, 4) is 11.4 Å². The minimum atomic E-state index is -3.85. The van der Waals surface area contributed by atoms with E-state index in [2.05, 4.69) is 10.2 Å². The van der Waals surface area contributed by atoms with Gasteiger partial charge in [-0.2, -0.15) is 0 Å². The first-order valence-corrected chi connectivity index (χ1v) is 13.0. The third kappa shape index (κ3) is 4.16. The molecule has 0 N–H and O–H groups in total. The van der Waals surface area contributed by atoms with E-state index in [4.69, 9.17) is 4.74 Å². The van der Waals surface area contributed by atoms with Crippen molar-refractivity contribution in [2.45, 2.75) is 35.5 Å². The topological polar surface area (TPSA) is 94.4 Å². The Kier molecular flexibility index (Phi) is 5.94. The van der Waals surface area contributed by atoms with E-state index < -0.39 is 15.9 Å². The molecule has 3 heterocycles. The number of carbonyl (C=O) groups is 1. The molecule has 0 unspecified atom stereocenters. The second-order valence-electron chi connectivity index (χ2n) is 7.79. The summed E-state index contributed by atoms with van der Waals surface area (Å²) in [5.41, 5.74) is 0.921. The largest absolute Gasteiger partial charge is 0.376 e. The molecule has 0 aliphatic carbocycles. The minimum Gasteiger partial charge on any atom is -0.376 e. The number of ether oxygens (including phenoxy) is 1. The fourth-order valence-electron chi connectivity index (χ4n) is 4.04. The van der Waals surface area contributed by atoms with E-state index in [0.29, 0.717) is 29.9 Å². The van der Waals surface area contributed by atoms with Crippen molar-refractivity contribution in [3.63, 3.8) is 0 Å². The molecule has 33 heavy (non-hydrogen) atoms. The first-order chi connectivity index (χ1) is 15.9. The van der Waals surface area contributed by atoms with Gasteiger partial charge in [-0.15, -0.1) is 10.2 Å². The standard InChI is InChI=1S/C22H21FN4O4S2/c23-16-9-7-15(8-10-16)20-24-25-22(26(20)14-17-4-3-12-31-17)32-13-11-27-21(28)18-5-1-2-6-19(18)33(27,29)30/h1-2,5-10,17H,3-4,11-14H2/t17-/m1/s1. The van der Waals surface area contributed by atoms with Crippen LogP contribution in [0.5, 0.6) is 0 Å². The van der Waals surface area contributed by atoms with Crippen LogP contribution in [0.4, 0.5) is 4.39 Å². The number of fused-ring (bicyclic) bond motifs is 1. The molecule has 0 radical (unpaired) electrons. The molecule has 2 aliphatic rings. The summed E-state index contributed by atoms with van der Waals surface area (Å²) in [7, 11) is -3.85. The molecular formula is C22H21FN4O4S2. The van der Waals surface area contributed by atoms with Crippen molar-refractivity contribution < 1.29 is 22.3 Å². The van der Waals surface area contributed by atoms with Crippen molar-refractivity contribution in [3.05, 3.63) is 59.9 Å². The van der Waals surface area contributed by atoms with Crippen LogP contribution in [0.25, 0.3) is 11.4 Å². The molecule has 2 aromatic carbocycles. The minimum absolute atomic E-state index is 0.0131. The lowest BCUT2D eigenvalue weighted by Crippen LogP contribution is -2.32. The van der Waals surface area contributed by atoms with Crippen LogP contribution in [-0.2, 0) is 21.3 Å². The summed E-state index contributed by atoms with van der Waals surface area (Å²) < 4.78 is 47.5. The van der Waals surface area contributed by atoms with Crippen LogP contribution in [0.1, 0.15) is 23.2 Å². The van der Waals surface area contributed by atoms with Crippen LogP contribution < -0.4 is 0 Å². The highest BCUT2D eigenvalue weighted by Gasteiger charge is 2.40. The lowest BCUT2D eigenvalue weighted by Gasteiger charge is -2.16. The molecule has 172 valence electrons. The number of carbonyl (C=O) groups excluding carboxylic acids is 1. The van der Waals surface area contributed by atoms with Crippen molar-refractivity contribution in [2.24, 2.45) is 0 Å². The highest BCUT2D eigenvalue weighted by atomic mass is 32.2. The number of amides is 1. The fraction of sp³-hybridized carbons (Fsp3) is 0.318. The second kappa shape index (κ2) is 8.88. The number of halogens is 1. The van der Waals surface area contributed by atoms with E-state index in [1.807, 2.05) is 4.57 Å². The Morgan fingerprint density at radius 2 is 1.91 bits per heavy atom. The van der Waals surface area contributed by atoms with Crippen LogP contribution in [0, 0.1) is 5.82 Å². The van der Waals surface area contributed by atoms with E-state index >= 15 is 0 Å². The zero-order valence-electron chi connectivity index (χ0n) is 17.6. The molecule has 1 saturated heterocycles. The first kappa shape index (κ1) is 22.1. The molecule has 0 bridgehead atoms. The Morgan fingerprint density at radius 3 is 2.64 bits per heavy atom. The highest BCUT2D eigenvalue weighted by molar-refractivity contribution is 7.99. The second-order valence-corrected chi connectivity index (χ2v) is 10.7. The predicted molar refractivity (Wildman–Crippen MR) is 120 cm³/mol. The molecule has 2 aliphatic heterocycles. The van der Waals surface area contributed by atoms with Crippen LogP contribution in [-0.4, -0.2) is 58.4 Å². The van der Waals surface area contributed by atoms with Crippen molar-refractivity contribution in [1.82, 2.24) is 19.1 Å². The van der Waals surface area contributed by atoms with Gasteiger partial charge in [0.05, 0.1) is 18.2 Å². The normalized spacial score (nSPS) is 19.2. The molecule has 1 amide bonds. The summed E-state index contributed by atoms with van der Waals surface area (Å²) in [6.45, 7) is 1.25. The smallest absolute Gasteiger partial charge is 0.269 e. The molecule has 0 spiro atoms. The number of sulfonamides is 1. The van der Waals surface area contributed by atoms with Gasteiger partial charge < -0.3 is 4.74 Å². The average molecular weight is 489 g/mol. The van der Waals surface area contributed by atoms with Crippen LogP contribution in [0.3, 0.4) is 0 Å². The van der Waals surface area contributed by atoms with Crippen molar-refractivity contribution in [2.75, 3.05) is 18.9 Å². The lowest BCUT2D eigenvalue weighted by atomic mass is 10.2. The number of nitrogens with zero attached hydrogens (tertiary/aromatic N) is 4. The number of hydrogen-bond donors (Lipinski definition) is 0. The summed E-state index contributed by atoms with van der Waals surface area (Å²) in [5, 5.41) is 9.18. The summed E-state index contributed by atoms with van der Waals surface area (Å²) in [6.07, 6.45) is 1.93. The third-order valence-corrected chi connectivity index (χ3v) is 8.45. The number of aromatic nitrogens is 3. The Morgan fingerprint density at radius 1 is 1.12 bits per heavy atom. The van der Waals surface area contributed by atoms with Gasteiger partial charge in [-0.25, -0.2) is 17.1 Å². The maximum atomic E-state index is 13.4. The van der Waals surface area contributed by atoms with E-state index in [9.17, 15) is 17.6 Å². The SMILES string of the molecule is O=C1c2ccccc2S(=O)(=O)N1CCSc1nnc(-c2ccc(F)cc2)n1C[C@H]1CCCO1. The molecule has 0 saturated carbocycles. The third-order valence-electron chi connectivity index (χ3n) is 5.67. The number of benzene rings is 2. The van der Waals surface area contributed by atoms with Crippen LogP contribution in [0.2, 0.25) is 0 Å². The zero-order valence-corrected chi connectivity index (χ0v) is 19.2. The van der Waals surface area contributed by atoms with Gasteiger partial charge in [0.1, 0.15) is 10.7 Å². The number of rotatable bonds is 7. The lowest BCUT2D eigenvalue weighted by molar-refractivity contribution is 0.0876. The monoisotopic (exact) mass is 488 g/mol. The van der Waals surface area contributed by atoms with Gasteiger partial charge in [0.2, 0.25) is 0 Å². The van der Waals surface area contributed by atoms with Gasteiger partial charge in [-0.1, -0.05) is 23.9 Å². The Labute approximate surface area is 194 Å². The molecule has 8 nitrogen and oxygen atoms in total. The van der Waals surface area contributed by atoms with E-state index in [1.54, 1.807) is 24.3 Å². The summed E-state index contributed by atoms with van der Waals surface area (Å²) in [6, 6.07) is 12.3. The zero-order chi connectivity index (χ0) is 23.0. The van der Waals surface area contributed by atoms with Gasteiger partial charge in [-0.3, -0.25) is 9.36 Å². The fourth-order valence-corrected chi connectivity index (χ4v) is 6.59. The molecular weight excluding hydrogens is 467 g/mol. The van der Waals surface area contributed by atoms with E-state index in [-0.39, 0.29) is 28.9 Å². The highest BCUT2D eigenvalue weighted by Crippen LogP contribution is 2.31. The average Bonchev–Trinajstić information content (AvgIpc) is 3.51. The molecule has 1 fully saturated rings. The van der Waals surface area contributed by atoms with Gasteiger partial charge in [0.25, 0.3) is 15.9 Å². The number of hydrogen-bond acceptors (Lipinski definition) is 7. The molecule has 5 rings (SSSR count). The van der Waals surface area contributed by atoms with Gasteiger partial charge >= 0.3 is 0 Å². The summed E-state index contributed by atoms with van der Waals surface area (Å²) in [5.74, 6) is 0.0480. The molecule has 1 aromatic heterocycles. The van der Waals surface area contributed by atoms with Crippen LogP contribution >= 0.6 is 11.8 Å². The van der Waals surface area contributed by atoms with Gasteiger partial charge in [0.15, 0.2) is 11.0 Å². The maximum Gasteiger partial charge on any atom is 0.269 e. The first-order valence-electron chi connectivity index (χ1n) is 10.5. The summed E-state index contributed by atoms with van der Waals surface area (Å²) >= 11 is 1.32. The summed E-state index contributed by atoms with van der Waals surface area (Å²) in [4.78, 5) is 12.7. The Hall–Kier alpha value is -2.76. The predicted octanol–water partition coefficient (Wildman–Crippen LogP) is 3.20. The Bertz CT molecular complexity index is 1290. The number of thioether (sulfide) groups is 1. The van der Waals surface area contributed by atoms with Crippen molar-refractivity contribution in [1.29, 1.82) is 0 Å².